The number of benzene rings is 1. The molecule has 0 aliphatic carbocycles. The van der Waals surface area contributed by atoms with Crippen LogP contribution in [-0.2, 0) is 10.0 Å². The van der Waals surface area contributed by atoms with Crippen molar-refractivity contribution >= 4 is 32.7 Å². The molecular weight excluding hydrogens is 478 g/mol. The zero-order valence-corrected chi connectivity index (χ0v) is 21.0. The number of hydrogen-bond donors (Lipinski definition) is 3. The summed E-state index contributed by atoms with van der Waals surface area (Å²) in [5.74, 6) is -0.0707. The number of anilines is 1. The van der Waals surface area contributed by atoms with Gasteiger partial charge in [-0.3, -0.25) is 9.59 Å². The molecule has 1 amide bonds. The molecule has 10 heteroatoms. The summed E-state index contributed by atoms with van der Waals surface area (Å²) < 4.78 is 27.7. The fourth-order valence-electron chi connectivity index (χ4n) is 5.01. The van der Waals surface area contributed by atoms with Gasteiger partial charge in [0.25, 0.3) is 21.5 Å². The minimum absolute atomic E-state index is 0.125. The Kier molecular flexibility index (Phi) is 5.71. The van der Waals surface area contributed by atoms with Crippen LogP contribution in [0.1, 0.15) is 37.6 Å². The SMILES string of the molecule is C[C@@H]1CN(c2nc(-c3ccc4[nH]ccc4c3)ccc2C(=O)NS(=O)(=O)c2ccc[nH]c2=O)C(C)(C)C1. The van der Waals surface area contributed by atoms with Crippen molar-refractivity contribution in [2.75, 3.05) is 11.4 Å². The zero-order chi connectivity index (χ0) is 25.7. The van der Waals surface area contributed by atoms with Crippen molar-refractivity contribution in [2.24, 2.45) is 5.92 Å². The third kappa shape index (κ3) is 4.28. The van der Waals surface area contributed by atoms with E-state index in [2.05, 4.69) is 40.4 Å². The fourth-order valence-corrected chi connectivity index (χ4v) is 6.04. The molecule has 1 aliphatic rings. The molecule has 186 valence electrons. The lowest BCUT2D eigenvalue weighted by atomic mass is 9.97. The van der Waals surface area contributed by atoms with E-state index >= 15 is 0 Å². The van der Waals surface area contributed by atoms with Crippen molar-refractivity contribution in [1.82, 2.24) is 19.7 Å². The van der Waals surface area contributed by atoms with E-state index in [0.29, 0.717) is 24.0 Å². The second-order valence-electron chi connectivity index (χ2n) is 9.88. The van der Waals surface area contributed by atoms with Gasteiger partial charge in [-0.1, -0.05) is 13.0 Å². The molecule has 1 saturated heterocycles. The second-order valence-corrected chi connectivity index (χ2v) is 11.5. The van der Waals surface area contributed by atoms with Gasteiger partial charge in [0.15, 0.2) is 4.90 Å². The van der Waals surface area contributed by atoms with E-state index < -0.39 is 26.4 Å². The Hall–Kier alpha value is -3.92. The first kappa shape index (κ1) is 23.8. The van der Waals surface area contributed by atoms with Gasteiger partial charge in [-0.15, -0.1) is 0 Å². The fraction of sp³-hybridized carbons (Fsp3) is 0.269. The summed E-state index contributed by atoms with van der Waals surface area (Å²) in [6, 6.07) is 13.8. The molecule has 1 aliphatic heterocycles. The molecule has 0 unspecified atom stereocenters. The number of aromatic amines is 2. The highest BCUT2D eigenvalue weighted by Gasteiger charge is 2.39. The van der Waals surface area contributed by atoms with Gasteiger partial charge in [-0.05, 0) is 68.7 Å². The second kappa shape index (κ2) is 8.63. The highest BCUT2D eigenvalue weighted by molar-refractivity contribution is 7.90. The van der Waals surface area contributed by atoms with Gasteiger partial charge >= 0.3 is 0 Å². The monoisotopic (exact) mass is 505 g/mol. The molecule has 36 heavy (non-hydrogen) atoms. The Morgan fingerprint density at radius 1 is 1.11 bits per heavy atom. The van der Waals surface area contributed by atoms with Gasteiger partial charge in [-0.2, -0.15) is 0 Å². The minimum atomic E-state index is -4.39. The number of amides is 1. The van der Waals surface area contributed by atoms with E-state index in [1.54, 1.807) is 12.1 Å². The summed E-state index contributed by atoms with van der Waals surface area (Å²) in [7, 11) is -4.39. The van der Waals surface area contributed by atoms with Crippen LogP contribution in [0.15, 0.2) is 70.6 Å². The van der Waals surface area contributed by atoms with Gasteiger partial charge in [0, 0.05) is 40.9 Å². The van der Waals surface area contributed by atoms with E-state index in [4.69, 9.17) is 4.98 Å². The van der Waals surface area contributed by atoms with Crippen LogP contribution in [0.3, 0.4) is 0 Å². The summed E-state index contributed by atoms with van der Waals surface area (Å²) in [5.41, 5.74) is 1.58. The quantitative estimate of drug-likeness (QED) is 0.380. The average molecular weight is 506 g/mol. The van der Waals surface area contributed by atoms with Crippen molar-refractivity contribution in [3.8, 4) is 11.3 Å². The van der Waals surface area contributed by atoms with Crippen molar-refractivity contribution in [3.05, 3.63) is 76.8 Å². The number of aromatic nitrogens is 3. The van der Waals surface area contributed by atoms with Crippen LogP contribution in [0, 0.1) is 5.92 Å². The molecule has 0 spiro atoms. The van der Waals surface area contributed by atoms with Gasteiger partial charge in [0.1, 0.15) is 5.82 Å². The number of sulfonamides is 1. The number of fused-ring (bicyclic) bond motifs is 1. The first-order valence-electron chi connectivity index (χ1n) is 11.7. The number of nitrogens with zero attached hydrogens (tertiary/aromatic N) is 2. The van der Waals surface area contributed by atoms with E-state index in [9.17, 15) is 18.0 Å². The van der Waals surface area contributed by atoms with Crippen molar-refractivity contribution < 1.29 is 13.2 Å². The summed E-state index contributed by atoms with van der Waals surface area (Å²) in [5, 5.41) is 1.03. The van der Waals surface area contributed by atoms with Crippen LogP contribution in [0.25, 0.3) is 22.2 Å². The molecule has 9 nitrogen and oxygen atoms in total. The molecule has 4 heterocycles. The van der Waals surface area contributed by atoms with E-state index in [1.807, 2.05) is 30.5 Å². The van der Waals surface area contributed by atoms with E-state index in [1.165, 1.54) is 12.3 Å². The highest BCUT2D eigenvalue weighted by Crippen LogP contribution is 2.38. The molecule has 0 radical (unpaired) electrons. The number of carbonyl (C=O) groups excluding carboxylic acids is 1. The molecule has 1 aromatic carbocycles. The van der Waals surface area contributed by atoms with Crippen LogP contribution < -0.4 is 15.2 Å². The maximum atomic E-state index is 13.3. The van der Waals surface area contributed by atoms with Gasteiger partial charge < -0.3 is 14.9 Å². The van der Waals surface area contributed by atoms with Crippen LogP contribution in [-0.4, -0.2) is 41.4 Å². The number of nitrogens with one attached hydrogen (secondary N) is 3. The normalized spacial score (nSPS) is 17.4. The lowest BCUT2D eigenvalue weighted by Crippen LogP contribution is -2.41. The first-order valence-corrected chi connectivity index (χ1v) is 13.1. The Balaban J connectivity index is 1.59. The van der Waals surface area contributed by atoms with Gasteiger partial charge in [0.05, 0.1) is 11.3 Å². The third-order valence-corrected chi connectivity index (χ3v) is 7.95. The summed E-state index contributed by atoms with van der Waals surface area (Å²) in [6.07, 6.45) is 4.09. The molecule has 0 bridgehead atoms. The molecule has 3 N–H and O–H groups in total. The standard InChI is InChI=1S/C26H27N5O4S/c1-16-14-26(2,3)31(15-16)23-19(24(32)30-36(34,35)22-5-4-11-28-25(22)33)7-9-21(29-23)17-6-8-20-18(13-17)10-12-27-20/h4-13,16,27H,14-15H2,1-3H3,(H,28,33)(H,30,32)/t16-/m0/s1. The summed E-state index contributed by atoms with van der Waals surface area (Å²) in [4.78, 5) is 37.3. The van der Waals surface area contributed by atoms with E-state index in [-0.39, 0.29) is 11.1 Å². The van der Waals surface area contributed by atoms with Gasteiger partial charge in [-0.25, -0.2) is 18.1 Å². The predicted molar refractivity (Wildman–Crippen MR) is 138 cm³/mol. The van der Waals surface area contributed by atoms with Crippen molar-refractivity contribution in [3.63, 3.8) is 0 Å². The topological polar surface area (TPSA) is 128 Å². The Morgan fingerprint density at radius 2 is 1.92 bits per heavy atom. The molecule has 5 rings (SSSR count). The molecule has 1 fully saturated rings. The first-order chi connectivity index (χ1) is 17.0. The van der Waals surface area contributed by atoms with Crippen molar-refractivity contribution in [2.45, 2.75) is 37.6 Å². The Morgan fingerprint density at radius 3 is 2.64 bits per heavy atom. The summed E-state index contributed by atoms with van der Waals surface area (Å²) >= 11 is 0. The van der Waals surface area contributed by atoms with Crippen molar-refractivity contribution in [1.29, 1.82) is 0 Å². The smallest absolute Gasteiger partial charge is 0.269 e. The zero-order valence-electron chi connectivity index (χ0n) is 20.2. The molecule has 0 saturated carbocycles. The Bertz CT molecular complexity index is 1640. The summed E-state index contributed by atoms with van der Waals surface area (Å²) in [6.45, 7) is 6.97. The predicted octanol–water partition coefficient (Wildman–Crippen LogP) is 3.66. The average Bonchev–Trinajstić information content (AvgIpc) is 3.40. The number of H-pyrrole nitrogens is 2. The maximum absolute atomic E-state index is 13.3. The number of rotatable bonds is 5. The largest absolute Gasteiger partial charge is 0.361 e. The number of carbonyl (C=O) groups is 1. The molecule has 3 aromatic heterocycles. The van der Waals surface area contributed by atoms with E-state index in [0.717, 1.165) is 29.0 Å². The maximum Gasteiger partial charge on any atom is 0.269 e. The molecular formula is C26H27N5O4S. The third-order valence-electron chi connectivity index (χ3n) is 6.60. The number of pyridine rings is 2. The highest BCUT2D eigenvalue weighted by atomic mass is 32.2. The van der Waals surface area contributed by atoms with Gasteiger partial charge in [0.2, 0.25) is 0 Å². The van der Waals surface area contributed by atoms with Crippen LogP contribution in [0.2, 0.25) is 0 Å². The van der Waals surface area contributed by atoms with Crippen LogP contribution in [0.5, 0.6) is 0 Å². The van der Waals surface area contributed by atoms with Crippen LogP contribution >= 0.6 is 0 Å². The molecule has 4 aromatic rings. The Labute approximate surface area is 208 Å². The lowest BCUT2D eigenvalue weighted by molar-refractivity contribution is 0.0981. The molecule has 1 atom stereocenters. The number of hydrogen-bond acceptors (Lipinski definition) is 6. The minimum Gasteiger partial charge on any atom is -0.361 e. The van der Waals surface area contributed by atoms with Crippen LogP contribution in [0.4, 0.5) is 5.82 Å². The lowest BCUT2D eigenvalue weighted by Gasteiger charge is -2.34.